The number of benzene rings is 1. The summed E-state index contributed by atoms with van der Waals surface area (Å²) in [6.45, 7) is 6.45. The van der Waals surface area contributed by atoms with Crippen LogP contribution in [0.1, 0.15) is 38.4 Å². The molecule has 1 heterocycles. The van der Waals surface area contributed by atoms with Gasteiger partial charge in [0.15, 0.2) is 0 Å². The van der Waals surface area contributed by atoms with Crippen LogP contribution in [-0.2, 0) is 0 Å². The van der Waals surface area contributed by atoms with E-state index in [9.17, 15) is 5.11 Å². The molecule has 17 heavy (non-hydrogen) atoms. The Labute approximate surface area is 104 Å². The van der Waals surface area contributed by atoms with Crippen LogP contribution < -0.4 is 0 Å². The summed E-state index contributed by atoms with van der Waals surface area (Å²) in [5.41, 5.74) is 1.03. The third-order valence-electron chi connectivity index (χ3n) is 3.78. The van der Waals surface area contributed by atoms with Gasteiger partial charge in [0.25, 0.3) is 0 Å². The molecule has 1 N–H and O–H groups in total. The average molecular weight is 233 g/mol. The van der Waals surface area contributed by atoms with Gasteiger partial charge in [-0.2, -0.15) is 0 Å². The van der Waals surface area contributed by atoms with E-state index in [4.69, 9.17) is 0 Å². The van der Waals surface area contributed by atoms with Crippen molar-refractivity contribution in [2.75, 3.05) is 13.1 Å². The van der Waals surface area contributed by atoms with E-state index in [1.165, 1.54) is 12.8 Å². The molecule has 2 rings (SSSR count). The maximum atomic E-state index is 10.2. The fourth-order valence-corrected chi connectivity index (χ4v) is 2.84. The van der Waals surface area contributed by atoms with Gasteiger partial charge in [-0.25, -0.2) is 0 Å². The molecule has 1 aliphatic heterocycles. The van der Waals surface area contributed by atoms with Crippen molar-refractivity contribution in [1.82, 2.24) is 4.90 Å². The van der Waals surface area contributed by atoms with Crippen LogP contribution in [0.25, 0.3) is 0 Å². The number of nitrogens with zero attached hydrogens (tertiary/aromatic N) is 1. The van der Waals surface area contributed by atoms with E-state index < -0.39 is 0 Å². The highest BCUT2D eigenvalue weighted by molar-refractivity contribution is 5.17. The van der Waals surface area contributed by atoms with Gasteiger partial charge in [0.2, 0.25) is 0 Å². The Morgan fingerprint density at radius 1 is 1.29 bits per heavy atom. The first-order valence-corrected chi connectivity index (χ1v) is 6.65. The number of likely N-dealkylation sites (tertiary alicyclic amines) is 1. The minimum absolute atomic E-state index is 0.351. The maximum Gasteiger partial charge on any atom is 0.0917 e. The van der Waals surface area contributed by atoms with Crippen molar-refractivity contribution in [3.8, 4) is 0 Å². The molecule has 2 unspecified atom stereocenters. The van der Waals surface area contributed by atoms with E-state index in [2.05, 4.69) is 18.7 Å². The van der Waals surface area contributed by atoms with Crippen LogP contribution in [0, 0.1) is 5.92 Å². The minimum Gasteiger partial charge on any atom is -0.387 e. The first-order valence-electron chi connectivity index (χ1n) is 6.65. The summed E-state index contributed by atoms with van der Waals surface area (Å²) in [5.74, 6) is 0.681. The average Bonchev–Trinajstić information content (AvgIpc) is 2.78. The summed E-state index contributed by atoms with van der Waals surface area (Å²) in [7, 11) is 0. The Kier molecular flexibility index (Phi) is 4.19. The SMILES string of the molecule is CC(C)C1CCCN1CC(O)c1ccccc1. The summed E-state index contributed by atoms with van der Waals surface area (Å²) in [6.07, 6.45) is 2.19. The van der Waals surface area contributed by atoms with Gasteiger partial charge in [-0.05, 0) is 30.9 Å². The molecule has 0 spiro atoms. The zero-order valence-electron chi connectivity index (χ0n) is 10.8. The van der Waals surface area contributed by atoms with Gasteiger partial charge in [0.05, 0.1) is 6.10 Å². The third-order valence-corrected chi connectivity index (χ3v) is 3.78. The molecule has 0 saturated carbocycles. The number of hydrogen-bond acceptors (Lipinski definition) is 2. The van der Waals surface area contributed by atoms with Crippen molar-refractivity contribution in [2.24, 2.45) is 5.92 Å². The Bertz CT molecular complexity index is 336. The molecule has 1 aromatic rings. The van der Waals surface area contributed by atoms with Crippen molar-refractivity contribution in [1.29, 1.82) is 0 Å². The minimum atomic E-state index is -0.351. The second kappa shape index (κ2) is 5.65. The quantitative estimate of drug-likeness (QED) is 0.864. The summed E-state index contributed by atoms with van der Waals surface area (Å²) in [5, 5.41) is 10.2. The van der Waals surface area contributed by atoms with Crippen molar-refractivity contribution < 1.29 is 5.11 Å². The number of rotatable bonds is 4. The molecule has 0 amide bonds. The Morgan fingerprint density at radius 2 is 2.00 bits per heavy atom. The Morgan fingerprint density at radius 3 is 2.65 bits per heavy atom. The molecule has 0 bridgehead atoms. The standard InChI is InChI=1S/C15H23NO/c1-12(2)14-9-6-10-16(14)11-15(17)13-7-4-3-5-8-13/h3-5,7-8,12,14-15,17H,6,9-11H2,1-2H3. The molecule has 0 radical (unpaired) electrons. The van der Waals surface area contributed by atoms with Gasteiger partial charge in [-0.15, -0.1) is 0 Å². The molecule has 2 atom stereocenters. The first-order chi connectivity index (χ1) is 8.18. The van der Waals surface area contributed by atoms with Gasteiger partial charge in [-0.3, -0.25) is 4.90 Å². The van der Waals surface area contributed by atoms with Crippen molar-refractivity contribution in [3.05, 3.63) is 35.9 Å². The van der Waals surface area contributed by atoms with Gasteiger partial charge in [-0.1, -0.05) is 44.2 Å². The summed E-state index contributed by atoms with van der Waals surface area (Å²) >= 11 is 0. The molecular formula is C15H23NO. The Balaban J connectivity index is 1.97. The van der Waals surface area contributed by atoms with E-state index in [0.717, 1.165) is 18.7 Å². The topological polar surface area (TPSA) is 23.5 Å². The monoisotopic (exact) mass is 233 g/mol. The highest BCUT2D eigenvalue weighted by Gasteiger charge is 2.28. The zero-order chi connectivity index (χ0) is 12.3. The lowest BCUT2D eigenvalue weighted by Crippen LogP contribution is -2.36. The molecule has 0 aromatic heterocycles. The fourth-order valence-electron chi connectivity index (χ4n) is 2.84. The van der Waals surface area contributed by atoms with Gasteiger partial charge in [0.1, 0.15) is 0 Å². The summed E-state index contributed by atoms with van der Waals surface area (Å²) in [4.78, 5) is 2.45. The smallest absolute Gasteiger partial charge is 0.0917 e. The molecule has 1 saturated heterocycles. The highest BCUT2D eigenvalue weighted by atomic mass is 16.3. The molecule has 2 nitrogen and oxygen atoms in total. The van der Waals surface area contributed by atoms with Crippen LogP contribution in [0.5, 0.6) is 0 Å². The molecule has 1 aromatic carbocycles. The van der Waals surface area contributed by atoms with Crippen molar-refractivity contribution in [2.45, 2.75) is 38.8 Å². The summed E-state index contributed by atoms with van der Waals surface area (Å²) in [6, 6.07) is 10.6. The van der Waals surface area contributed by atoms with Gasteiger partial charge >= 0.3 is 0 Å². The van der Waals surface area contributed by atoms with Crippen LogP contribution in [-0.4, -0.2) is 29.1 Å². The lowest BCUT2D eigenvalue weighted by atomic mass is 10.0. The van der Waals surface area contributed by atoms with E-state index >= 15 is 0 Å². The lowest BCUT2D eigenvalue weighted by Gasteiger charge is -2.29. The van der Waals surface area contributed by atoms with Crippen LogP contribution in [0.2, 0.25) is 0 Å². The predicted octanol–water partition coefficient (Wildman–Crippen LogP) is 2.84. The van der Waals surface area contributed by atoms with Gasteiger partial charge < -0.3 is 5.11 Å². The molecular weight excluding hydrogens is 210 g/mol. The molecule has 94 valence electrons. The maximum absolute atomic E-state index is 10.2. The number of hydrogen-bond donors (Lipinski definition) is 1. The molecule has 2 heteroatoms. The largest absolute Gasteiger partial charge is 0.387 e. The van der Waals surface area contributed by atoms with E-state index in [0.29, 0.717) is 12.0 Å². The fraction of sp³-hybridized carbons (Fsp3) is 0.600. The summed E-state index contributed by atoms with van der Waals surface area (Å²) < 4.78 is 0. The van der Waals surface area contributed by atoms with Crippen molar-refractivity contribution >= 4 is 0 Å². The van der Waals surface area contributed by atoms with Crippen molar-refractivity contribution in [3.63, 3.8) is 0 Å². The first kappa shape index (κ1) is 12.6. The second-order valence-electron chi connectivity index (χ2n) is 5.38. The van der Waals surface area contributed by atoms with Crippen LogP contribution in [0.3, 0.4) is 0 Å². The number of aliphatic hydroxyl groups is 1. The lowest BCUT2D eigenvalue weighted by molar-refractivity contribution is 0.0939. The third kappa shape index (κ3) is 3.08. The van der Waals surface area contributed by atoms with Gasteiger partial charge in [0, 0.05) is 12.6 Å². The van der Waals surface area contributed by atoms with E-state index in [1.54, 1.807) is 0 Å². The predicted molar refractivity (Wildman–Crippen MR) is 70.8 cm³/mol. The van der Waals surface area contributed by atoms with Crippen LogP contribution in [0.15, 0.2) is 30.3 Å². The normalized spacial score (nSPS) is 23.2. The second-order valence-corrected chi connectivity index (χ2v) is 5.38. The van der Waals surface area contributed by atoms with Crippen LogP contribution >= 0.6 is 0 Å². The number of aliphatic hydroxyl groups excluding tert-OH is 1. The van der Waals surface area contributed by atoms with E-state index in [1.807, 2.05) is 30.3 Å². The molecule has 1 fully saturated rings. The van der Waals surface area contributed by atoms with E-state index in [-0.39, 0.29) is 6.10 Å². The molecule has 1 aliphatic rings. The Hall–Kier alpha value is -0.860. The highest BCUT2D eigenvalue weighted by Crippen LogP contribution is 2.26. The van der Waals surface area contributed by atoms with Crippen LogP contribution in [0.4, 0.5) is 0 Å². The molecule has 0 aliphatic carbocycles. The number of β-amino-alcohol motifs (C(OH)–C–C–N with tert-alkyl or cyclic N) is 1. The zero-order valence-corrected chi connectivity index (χ0v) is 10.8.